The number of aromatic nitrogens is 2. The average Bonchev–Trinajstić information content (AvgIpc) is 2.37. The van der Waals surface area contributed by atoms with E-state index >= 15 is 0 Å². The summed E-state index contributed by atoms with van der Waals surface area (Å²) in [4.78, 5) is 35.4. The smallest absolute Gasteiger partial charge is 0.330 e. The number of hydrogen-bond donors (Lipinski definition) is 2. The molecule has 0 bridgehead atoms. The van der Waals surface area contributed by atoms with Gasteiger partial charge in [0.05, 0.1) is 0 Å². The maximum atomic E-state index is 11.6. The summed E-state index contributed by atoms with van der Waals surface area (Å²) in [6, 6.07) is 0. The molecule has 0 unspecified atom stereocenters. The average molecular weight is 268 g/mol. The van der Waals surface area contributed by atoms with Crippen LogP contribution in [0.15, 0.2) is 14.8 Å². The van der Waals surface area contributed by atoms with Crippen LogP contribution < -0.4 is 17.0 Å². The van der Waals surface area contributed by atoms with Crippen LogP contribution in [0.25, 0.3) is 0 Å². The van der Waals surface area contributed by atoms with E-state index in [-0.39, 0.29) is 5.82 Å². The number of aromatic amines is 1. The van der Waals surface area contributed by atoms with Gasteiger partial charge in [0.25, 0.3) is 5.56 Å². The van der Waals surface area contributed by atoms with E-state index in [2.05, 4.69) is 12.1 Å². The summed E-state index contributed by atoms with van der Waals surface area (Å²) in [6.45, 7) is 2.53. The molecule has 0 aliphatic rings. The van der Waals surface area contributed by atoms with Crippen molar-refractivity contribution in [1.82, 2.24) is 9.55 Å². The summed E-state index contributed by atoms with van der Waals surface area (Å²) in [5.41, 5.74) is 3.75. The number of nitrogen functional groups attached to an aromatic ring is 1. The third kappa shape index (κ3) is 4.04. The maximum absolute atomic E-state index is 11.6. The van der Waals surface area contributed by atoms with Gasteiger partial charge in [-0.1, -0.05) is 39.0 Å². The zero-order valence-electron chi connectivity index (χ0n) is 11.1. The van der Waals surface area contributed by atoms with Crippen LogP contribution in [0.2, 0.25) is 0 Å². The van der Waals surface area contributed by atoms with Crippen LogP contribution in [0.3, 0.4) is 0 Å². The lowest BCUT2D eigenvalue weighted by atomic mass is 10.1. The Bertz CT molecular complexity index is 533. The molecule has 106 valence electrons. The first-order valence-corrected chi connectivity index (χ1v) is 6.57. The molecule has 1 rings (SSSR count). The highest BCUT2D eigenvalue weighted by atomic mass is 16.3. The Kier molecular flexibility index (Phi) is 5.98. The molecule has 1 aromatic heterocycles. The first kappa shape index (κ1) is 15.1. The molecule has 7 nitrogen and oxygen atoms in total. The maximum Gasteiger partial charge on any atom is 0.330 e. The number of nitrogens with one attached hydrogen (secondary N) is 1. The summed E-state index contributed by atoms with van der Waals surface area (Å²) >= 11 is 0. The molecular formula is C12H20N4O3. The minimum Gasteiger partial charge on any atom is -0.383 e. The lowest BCUT2D eigenvalue weighted by molar-refractivity contribution is 0.547. The van der Waals surface area contributed by atoms with Gasteiger partial charge in [-0.2, -0.15) is 0 Å². The van der Waals surface area contributed by atoms with Gasteiger partial charge in [-0.05, 0) is 11.6 Å². The quantitative estimate of drug-likeness (QED) is 0.553. The summed E-state index contributed by atoms with van der Waals surface area (Å²) < 4.78 is 1.19. The predicted molar refractivity (Wildman–Crippen MR) is 74.6 cm³/mol. The van der Waals surface area contributed by atoms with Gasteiger partial charge < -0.3 is 5.73 Å². The van der Waals surface area contributed by atoms with Crippen molar-refractivity contribution in [2.45, 2.75) is 52.0 Å². The third-order valence-electron chi connectivity index (χ3n) is 3.04. The minimum atomic E-state index is -0.836. The van der Waals surface area contributed by atoms with Crippen molar-refractivity contribution in [1.29, 1.82) is 0 Å². The molecule has 0 spiro atoms. The normalized spacial score (nSPS) is 10.6. The predicted octanol–water partition coefficient (Wildman–Crippen LogP) is 1.88. The second kappa shape index (κ2) is 7.50. The highest BCUT2D eigenvalue weighted by Gasteiger charge is 2.12. The molecule has 0 amide bonds. The van der Waals surface area contributed by atoms with Gasteiger partial charge in [0.1, 0.15) is 5.82 Å². The Labute approximate surface area is 110 Å². The summed E-state index contributed by atoms with van der Waals surface area (Å²) in [7, 11) is 0. The standard InChI is InChI=1S/C12H20N4O3/c1-2-3-4-5-6-7-8-16-10(13)9(15-19)11(17)14-12(16)18/h2-8,13H2,1H3,(H,14,17,18). The number of hydrogen-bond acceptors (Lipinski definition) is 5. The molecule has 0 saturated carbocycles. The Morgan fingerprint density at radius 2 is 1.79 bits per heavy atom. The molecule has 0 atom stereocenters. The Balaban J connectivity index is 2.66. The minimum absolute atomic E-state index is 0.155. The van der Waals surface area contributed by atoms with Crippen LogP contribution >= 0.6 is 0 Å². The molecule has 7 heteroatoms. The van der Waals surface area contributed by atoms with Crippen molar-refractivity contribution in [3.63, 3.8) is 0 Å². The fraction of sp³-hybridized carbons (Fsp3) is 0.667. The van der Waals surface area contributed by atoms with Crippen molar-refractivity contribution in [2.24, 2.45) is 5.18 Å². The van der Waals surface area contributed by atoms with Crippen molar-refractivity contribution in [3.8, 4) is 0 Å². The van der Waals surface area contributed by atoms with Gasteiger partial charge in [0.2, 0.25) is 5.69 Å². The molecule has 0 aliphatic heterocycles. The van der Waals surface area contributed by atoms with E-state index in [9.17, 15) is 14.5 Å². The van der Waals surface area contributed by atoms with E-state index in [0.717, 1.165) is 19.3 Å². The second-order valence-corrected chi connectivity index (χ2v) is 4.50. The van der Waals surface area contributed by atoms with Crippen molar-refractivity contribution >= 4 is 11.5 Å². The van der Waals surface area contributed by atoms with Gasteiger partial charge in [0.15, 0.2) is 0 Å². The van der Waals surface area contributed by atoms with E-state index in [1.165, 1.54) is 23.8 Å². The molecule has 0 aliphatic carbocycles. The van der Waals surface area contributed by atoms with Crippen LogP contribution in [-0.4, -0.2) is 9.55 Å². The monoisotopic (exact) mass is 268 g/mol. The molecule has 1 heterocycles. The van der Waals surface area contributed by atoms with Crippen LogP contribution in [0.5, 0.6) is 0 Å². The number of unbranched alkanes of at least 4 members (excludes halogenated alkanes) is 5. The van der Waals surface area contributed by atoms with Crippen molar-refractivity contribution < 1.29 is 0 Å². The first-order valence-electron chi connectivity index (χ1n) is 6.57. The number of rotatable bonds is 8. The largest absolute Gasteiger partial charge is 0.383 e. The molecule has 1 aromatic rings. The van der Waals surface area contributed by atoms with E-state index in [4.69, 9.17) is 5.73 Å². The Morgan fingerprint density at radius 1 is 1.16 bits per heavy atom. The topological polar surface area (TPSA) is 110 Å². The van der Waals surface area contributed by atoms with Crippen LogP contribution in [0.1, 0.15) is 45.4 Å². The van der Waals surface area contributed by atoms with E-state index in [1.54, 1.807) is 0 Å². The van der Waals surface area contributed by atoms with Crippen LogP contribution in [-0.2, 0) is 6.54 Å². The van der Waals surface area contributed by atoms with Crippen LogP contribution in [0, 0.1) is 4.91 Å². The van der Waals surface area contributed by atoms with Crippen molar-refractivity contribution in [2.75, 3.05) is 5.73 Å². The van der Waals surface area contributed by atoms with E-state index in [1.807, 2.05) is 4.98 Å². The molecule has 0 radical (unpaired) electrons. The molecule has 19 heavy (non-hydrogen) atoms. The third-order valence-corrected chi connectivity index (χ3v) is 3.04. The molecular weight excluding hydrogens is 248 g/mol. The lowest BCUT2D eigenvalue weighted by Crippen LogP contribution is -2.32. The van der Waals surface area contributed by atoms with Gasteiger partial charge in [-0.25, -0.2) is 4.79 Å². The molecule has 0 aromatic carbocycles. The van der Waals surface area contributed by atoms with Gasteiger partial charge in [-0.3, -0.25) is 14.3 Å². The molecule has 0 fully saturated rings. The summed E-state index contributed by atoms with van der Waals surface area (Å²) in [6.07, 6.45) is 6.42. The molecule has 0 saturated heterocycles. The fourth-order valence-corrected chi connectivity index (χ4v) is 1.94. The van der Waals surface area contributed by atoms with Crippen LogP contribution in [0.4, 0.5) is 11.5 Å². The zero-order chi connectivity index (χ0) is 14.3. The van der Waals surface area contributed by atoms with Crippen molar-refractivity contribution in [3.05, 3.63) is 25.7 Å². The highest BCUT2D eigenvalue weighted by molar-refractivity contribution is 5.55. The van der Waals surface area contributed by atoms with E-state index in [0.29, 0.717) is 6.54 Å². The first-order chi connectivity index (χ1) is 9.11. The number of nitroso groups, excluding NO2 is 1. The Morgan fingerprint density at radius 3 is 2.42 bits per heavy atom. The highest BCUT2D eigenvalue weighted by Crippen LogP contribution is 2.14. The zero-order valence-corrected chi connectivity index (χ0v) is 11.1. The Hall–Kier alpha value is -1.92. The van der Waals surface area contributed by atoms with Gasteiger partial charge in [-0.15, -0.1) is 4.91 Å². The van der Waals surface area contributed by atoms with E-state index < -0.39 is 16.9 Å². The van der Waals surface area contributed by atoms with Gasteiger partial charge >= 0.3 is 5.69 Å². The lowest BCUT2D eigenvalue weighted by Gasteiger charge is -2.09. The van der Waals surface area contributed by atoms with Gasteiger partial charge in [0, 0.05) is 6.54 Å². The number of nitrogens with zero attached hydrogens (tertiary/aromatic N) is 2. The number of nitrogens with two attached hydrogens (primary N) is 1. The fourth-order valence-electron chi connectivity index (χ4n) is 1.94. The molecule has 3 N–H and O–H groups in total. The second-order valence-electron chi connectivity index (χ2n) is 4.50. The number of anilines is 1. The summed E-state index contributed by atoms with van der Waals surface area (Å²) in [5.74, 6) is -0.155. The summed E-state index contributed by atoms with van der Waals surface area (Å²) in [5, 5.41) is 2.56. The SMILES string of the molecule is CCCCCCCCn1c(N)c(N=O)c(=O)[nH]c1=O. The number of H-pyrrole nitrogens is 1.